The molecule has 98 valence electrons. The van der Waals surface area contributed by atoms with Crippen molar-refractivity contribution in [3.8, 4) is 5.75 Å². The van der Waals surface area contributed by atoms with Gasteiger partial charge < -0.3 is 9.84 Å². The number of carbonyl (C=O) groups is 1. The van der Waals surface area contributed by atoms with E-state index in [9.17, 15) is 14.3 Å². The van der Waals surface area contributed by atoms with Crippen LogP contribution in [0.1, 0.15) is 37.7 Å². The highest BCUT2D eigenvalue weighted by molar-refractivity contribution is 5.82. The molecule has 3 nitrogen and oxygen atoms in total. The summed E-state index contributed by atoms with van der Waals surface area (Å²) < 4.78 is 18.8. The van der Waals surface area contributed by atoms with Crippen LogP contribution in [0.3, 0.4) is 0 Å². The Morgan fingerprint density at radius 3 is 2.56 bits per heavy atom. The van der Waals surface area contributed by atoms with E-state index >= 15 is 0 Å². The highest BCUT2D eigenvalue weighted by atomic mass is 19.1. The summed E-state index contributed by atoms with van der Waals surface area (Å²) >= 11 is 0. The Hall–Kier alpha value is -1.58. The first kappa shape index (κ1) is 12.9. The molecule has 0 aromatic heterocycles. The Labute approximate surface area is 106 Å². The van der Waals surface area contributed by atoms with Gasteiger partial charge in [0.25, 0.3) is 0 Å². The first-order valence-electron chi connectivity index (χ1n) is 6.18. The topological polar surface area (TPSA) is 46.5 Å². The van der Waals surface area contributed by atoms with Crippen molar-refractivity contribution in [2.45, 2.75) is 37.5 Å². The molecule has 0 bridgehead atoms. The molecule has 1 aromatic rings. The van der Waals surface area contributed by atoms with Gasteiger partial charge in [-0.1, -0.05) is 31.4 Å². The third-order valence-electron chi connectivity index (χ3n) is 3.80. The van der Waals surface area contributed by atoms with Gasteiger partial charge >= 0.3 is 5.97 Å². The highest BCUT2D eigenvalue weighted by Gasteiger charge is 2.43. The molecule has 2 rings (SSSR count). The van der Waals surface area contributed by atoms with Crippen LogP contribution in [-0.4, -0.2) is 18.2 Å². The van der Waals surface area contributed by atoms with Crippen molar-refractivity contribution in [2.24, 2.45) is 0 Å². The number of para-hydroxylation sites is 1. The standard InChI is InChI=1S/C14H17FO3/c1-18-12-10(6-5-7-11(12)15)14(13(16)17)8-3-2-4-9-14/h5-7H,2-4,8-9H2,1H3,(H,16,17). The van der Waals surface area contributed by atoms with Crippen LogP contribution in [0.15, 0.2) is 18.2 Å². The molecule has 0 spiro atoms. The number of carboxylic acids is 1. The molecule has 1 N–H and O–H groups in total. The van der Waals surface area contributed by atoms with E-state index in [1.54, 1.807) is 12.1 Å². The van der Waals surface area contributed by atoms with Gasteiger partial charge in [-0.3, -0.25) is 4.79 Å². The predicted octanol–water partition coefficient (Wildman–Crippen LogP) is 3.12. The smallest absolute Gasteiger partial charge is 0.314 e. The van der Waals surface area contributed by atoms with Gasteiger partial charge in [-0.05, 0) is 18.9 Å². The molecule has 1 aliphatic rings. The third kappa shape index (κ3) is 1.96. The van der Waals surface area contributed by atoms with Gasteiger partial charge in [-0.2, -0.15) is 0 Å². The van der Waals surface area contributed by atoms with Crippen LogP contribution in [0.5, 0.6) is 5.75 Å². The van der Waals surface area contributed by atoms with Crippen LogP contribution in [0, 0.1) is 5.82 Å². The summed E-state index contributed by atoms with van der Waals surface area (Å²) in [5, 5.41) is 9.58. The Balaban J connectivity index is 2.55. The molecule has 0 radical (unpaired) electrons. The van der Waals surface area contributed by atoms with Gasteiger partial charge in [-0.15, -0.1) is 0 Å². The molecular formula is C14H17FO3. The number of ether oxygens (including phenoxy) is 1. The summed E-state index contributed by atoms with van der Waals surface area (Å²) in [6.45, 7) is 0. The van der Waals surface area contributed by atoms with Crippen LogP contribution in [-0.2, 0) is 10.2 Å². The second kappa shape index (κ2) is 4.96. The largest absolute Gasteiger partial charge is 0.493 e. The van der Waals surface area contributed by atoms with E-state index in [2.05, 4.69) is 0 Å². The Kier molecular flexibility index (Phi) is 3.55. The molecule has 1 aromatic carbocycles. The lowest BCUT2D eigenvalue weighted by molar-refractivity contribution is -0.145. The maximum absolute atomic E-state index is 13.7. The monoisotopic (exact) mass is 252 g/mol. The molecule has 0 unspecified atom stereocenters. The summed E-state index contributed by atoms with van der Waals surface area (Å²) in [6, 6.07) is 4.51. The second-order valence-electron chi connectivity index (χ2n) is 4.77. The normalized spacial score (nSPS) is 18.3. The van der Waals surface area contributed by atoms with Crippen molar-refractivity contribution in [3.05, 3.63) is 29.6 Å². The van der Waals surface area contributed by atoms with Gasteiger partial charge in [0, 0.05) is 5.56 Å². The predicted molar refractivity (Wildman–Crippen MR) is 65.4 cm³/mol. The summed E-state index contributed by atoms with van der Waals surface area (Å²) in [7, 11) is 1.38. The van der Waals surface area contributed by atoms with Gasteiger partial charge in [-0.25, -0.2) is 4.39 Å². The first-order valence-corrected chi connectivity index (χ1v) is 6.18. The van der Waals surface area contributed by atoms with E-state index in [-0.39, 0.29) is 5.75 Å². The molecule has 18 heavy (non-hydrogen) atoms. The molecule has 1 saturated carbocycles. The van der Waals surface area contributed by atoms with Crippen LogP contribution < -0.4 is 4.74 Å². The summed E-state index contributed by atoms with van der Waals surface area (Å²) in [5.74, 6) is -1.31. The fourth-order valence-corrected chi connectivity index (χ4v) is 2.85. The number of rotatable bonds is 3. The highest BCUT2D eigenvalue weighted by Crippen LogP contribution is 2.44. The molecule has 0 atom stereocenters. The SMILES string of the molecule is COc1c(F)cccc1C1(C(=O)O)CCCCC1. The Bertz CT molecular complexity index is 450. The first-order chi connectivity index (χ1) is 8.62. The Morgan fingerprint density at radius 2 is 2.00 bits per heavy atom. The van der Waals surface area contributed by atoms with Gasteiger partial charge in [0.15, 0.2) is 11.6 Å². The number of hydrogen-bond acceptors (Lipinski definition) is 2. The zero-order chi connectivity index (χ0) is 13.2. The number of methoxy groups -OCH3 is 1. The number of carboxylic acid groups (broad SMARTS) is 1. The van der Waals surface area contributed by atoms with Gasteiger partial charge in [0.1, 0.15) is 0 Å². The maximum Gasteiger partial charge on any atom is 0.314 e. The van der Waals surface area contributed by atoms with Crippen molar-refractivity contribution in [3.63, 3.8) is 0 Å². The van der Waals surface area contributed by atoms with Crippen molar-refractivity contribution in [1.82, 2.24) is 0 Å². The van der Waals surface area contributed by atoms with E-state index in [1.165, 1.54) is 13.2 Å². The molecule has 4 heteroatoms. The summed E-state index contributed by atoms with van der Waals surface area (Å²) in [4.78, 5) is 11.7. The molecule has 0 aliphatic heterocycles. The lowest BCUT2D eigenvalue weighted by Gasteiger charge is -2.34. The van der Waals surface area contributed by atoms with E-state index < -0.39 is 17.2 Å². The maximum atomic E-state index is 13.7. The molecule has 0 heterocycles. The van der Waals surface area contributed by atoms with Gasteiger partial charge in [0.05, 0.1) is 12.5 Å². The van der Waals surface area contributed by atoms with Crippen LogP contribution in [0.2, 0.25) is 0 Å². The van der Waals surface area contributed by atoms with Crippen molar-refractivity contribution < 1.29 is 19.0 Å². The average Bonchev–Trinajstić information content (AvgIpc) is 2.39. The fraction of sp³-hybridized carbons (Fsp3) is 0.500. The minimum absolute atomic E-state index is 0.0711. The lowest BCUT2D eigenvalue weighted by Crippen LogP contribution is -2.38. The number of halogens is 1. The summed E-state index contributed by atoms with van der Waals surface area (Å²) in [6.07, 6.45) is 3.83. The van der Waals surface area contributed by atoms with Crippen molar-refractivity contribution in [1.29, 1.82) is 0 Å². The van der Waals surface area contributed by atoms with E-state index in [4.69, 9.17) is 4.74 Å². The molecule has 1 fully saturated rings. The van der Waals surface area contributed by atoms with Crippen LogP contribution >= 0.6 is 0 Å². The third-order valence-corrected chi connectivity index (χ3v) is 3.80. The average molecular weight is 252 g/mol. The number of hydrogen-bond donors (Lipinski definition) is 1. The minimum Gasteiger partial charge on any atom is -0.493 e. The molecule has 1 aliphatic carbocycles. The van der Waals surface area contributed by atoms with Crippen molar-refractivity contribution in [2.75, 3.05) is 7.11 Å². The van der Waals surface area contributed by atoms with Crippen LogP contribution in [0.4, 0.5) is 4.39 Å². The Morgan fingerprint density at radius 1 is 1.33 bits per heavy atom. The van der Waals surface area contributed by atoms with Crippen molar-refractivity contribution >= 4 is 5.97 Å². The molecule has 0 amide bonds. The zero-order valence-corrected chi connectivity index (χ0v) is 10.4. The van der Waals surface area contributed by atoms with Gasteiger partial charge in [0.2, 0.25) is 0 Å². The van der Waals surface area contributed by atoms with E-state index in [1.807, 2.05) is 0 Å². The van der Waals surface area contributed by atoms with E-state index in [0.29, 0.717) is 18.4 Å². The molecule has 0 saturated heterocycles. The second-order valence-corrected chi connectivity index (χ2v) is 4.77. The fourth-order valence-electron chi connectivity index (χ4n) is 2.85. The van der Waals surface area contributed by atoms with E-state index in [0.717, 1.165) is 19.3 Å². The minimum atomic E-state index is -0.994. The number of aliphatic carboxylic acids is 1. The lowest BCUT2D eigenvalue weighted by atomic mass is 9.69. The van der Waals surface area contributed by atoms with Crippen LogP contribution in [0.25, 0.3) is 0 Å². The molecular weight excluding hydrogens is 235 g/mol. The quantitative estimate of drug-likeness (QED) is 0.899. The number of benzene rings is 1. The zero-order valence-electron chi connectivity index (χ0n) is 10.4. The summed E-state index contributed by atoms with van der Waals surface area (Å²) in [5.41, 5.74) is -0.525.